The molecule has 0 N–H and O–H groups in total. The topological polar surface area (TPSA) is 24.7 Å². The summed E-state index contributed by atoms with van der Waals surface area (Å²) in [5, 5.41) is 0. The van der Waals surface area contributed by atoms with E-state index >= 15 is 0 Å². The van der Waals surface area contributed by atoms with Crippen molar-refractivity contribution in [1.82, 2.24) is 0 Å². The van der Waals surface area contributed by atoms with Gasteiger partial charge < -0.3 is 0 Å². The predicted molar refractivity (Wildman–Crippen MR) is 60.1 cm³/mol. The Hall–Kier alpha value is 0.200. The van der Waals surface area contributed by atoms with Crippen molar-refractivity contribution in [2.75, 3.05) is 18.0 Å². The van der Waals surface area contributed by atoms with Gasteiger partial charge in [0.05, 0.1) is 6.54 Å². The minimum atomic E-state index is 0.0889. The van der Waals surface area contributed by atoms with E-state index in [1.54, 1.807) is 0 Å². The third-order valence-corrected chi connectivity index (χ3v) is 2.23. The molecule has 2 nitrogen and oxygen atoms in total. The highest BCUT2D eigenvalue weighted by molar-refractivity contribution is 14.2. The molecule has 0 aromatic heterocycles. The minimum absolute atomic E-state index is 0.0889. The monoisotopic (exact) mass is 268 g/mol. The molecule has 0 aliphatic carbocycles. The number of halogens is 1. The van der Waals surface area contributed by atoms with Crippen molar-refractivity contribution < 1.29 is 0 Å². The van der Waals surface area contributed by atoms with E-state index < -0.39 is 0 Å². The normalized spacial score (nSPS) is 14.2. The lowest BCUT2D eigenvalue weighted by atomic mass is 9.96. The maximum Gasteiger partial charge on any atom is 0.0544 e. The van der Waals surface area contributed by atoms with Gasteiger partial charge in [0.2, 0.25) is 0 Å². The quantitative estimate of drug-likeness (QED) is 0.425. The molecule has 0 amide bonds. The molecule has 0 atom stereocenters. The number of alkyl halides is 1. The summed E-state index contributed by atoms with van der Waals surface area (Å²) in [6.45, 7) is 8.21. The first-order valence-corrected chi connectivity index (χ1v) is 6.91. The van der Waals surface area contributed by atoms with E-state index in [1.807, 2.05) is 6.21 Å². The van der Waals surface area contributed by atoms with E-state index in [1.165, 1.54) is 0 Å². The highest BCUT2D eigenvalue weighted by Crippen LogP contribution is 2.13. The maximum atomic E-state index is 4.42. The van der Waals surface area contributed by atoms with Crippen LogP contribution >= 0.6 is 21.0 Å². The molecule has 0 saturated carbocycles. The van der Waals surface area contributed by atoms with Crippen LogP contribution in [0.1, 0.15) is 20.8 Å². The molecule has 3 heteroatoms. The van der Waals surface area contributed by atoms with Gasteiger partial charge in [-0.2, -0.15) is 0 Å². The van der Waals surface area contributed by atoms with Crippen molar-refractivity contribution in [2.24, 2.45) is 13.6 Å². The first-order valence-electron chi connectivity index (χ1n) is 3.79. The molecule has 66 valence electrons. The Bertz CT molecular complexity index is 150. The van der Waals surface area contributed by atoms with Crippen LogP contribution in [-0.2, 0) is 0 Å². The van der Waals surface area contributed by atoms with Crippen LogP contribution in [0, 0.1) is 5.41 Å². The van der Waals surface area contributed by atoms with Gasteiger partial charge in [-0.3, -0.25) is 8.14 Å². The van der Waals surface area contributed by atoms with Gasteiger partial charge in [-0.15, -0.1) is 0 Å². The molecule has 0 rings (SSSR count). The molecule has 0 heterocycles. The Morgan fingerprint density at radius 2 is 2.09 bits per heavy atom. The van der Waals surface area contributed by atoms with Crippen LogP contribution in [0.25, 0.3) is 0 Å². The third kappa shape index (κ3) is 6.59. The average molecular weight is 268 g/mol. The van der Waals surface area contributed by atoms with E-state index in [-0.39, 0.29) is 26.4 Å². The van der Waals surface area contributed by atoms with Crippen molar-refractivity contribution in [1.29, 1.82) is 0 Å². The number of nitrogens with zero attached hydrogens (tertiary/aromatic N) is 2. The largest absolute Gasteiger partial charge is 0.297 e. The molecule has 0 fully saturated rings. The van der Waals surface area contributed by atoms with Gasteiger partial charge in [0.1, 0.15) is 0 Å². The summed E-state index contributed by atoms with van der Waals surface area (Å²) in [6, 6.07) is 0. The molecule has 0 spiro atoms. The lowest BCUT2D eigenvalue weighted by Gasteiger charge is -2.14. The van der Waals surface area contributed by atoms with Crippen LogP contribution in [0.3, 0.4) is 0 Å². The predicted octanol–water partition coefficient (Wildman–Crippen LogP) is 2.89. The zero-order valence-corrected chi connectivity index (χ0v) is 9.92. The van der Waals surface area contributed by atoms with Crippen molar-refractivity contribution >= 4 is 27.2 Å². The number of aliphatic imine (C=N–C) groups is 1. The van der Waals surface area contributed by atoms with E-state index in [0.717, 1.165) is 13.1 Å². The zero-order valence-electron chi connectivity index (χ0n) is 7.76. The second-order valence-electron chi connectivity index (χ2n) is 3.06. The van der Waals surface area contributed by atoms with E-state index in [2.05, 4.69) is 33.8 Å². The van der Waals surface area contributed by atoms with Gasteiger partial charge in [-0.25, -0.2) is 0 Å². The summed E-state index contributed by atoms with van der Waals surface area (Å²) in [7, 11) is 0. The minimum Gasteiger partial charge on any atom is -0.297 e. The molecule has 0 saturated heterocycles. The smallest absolute Gasteiger partial charge is 0.0544 e. The first-order chi connectivity index (χ1) is 5.12. The molecule has 0 aliphatic rings. The number of hydrogen-bond donors (Lipinski definition) is 0. The SMILES string of the molecule is CCN=CC(C)(C)CN=IC. The molecule has 0 aromatic rings. The summed E-state index contributed by atoms with van der Waals surface area (Å²) >= 11 is 0.0889. The number of rotatable bonds is 4. The molecule has 0 bridgehead atoms. The average Bonchev–Trinajstić information content (AvgIpc) is 1.97. The Morgan fingerprint density at radius 3 is 2.55 bits per heavy atom. The Kier molecular flexibility index (Phi) is 5.91. The highest BCUT2D eigenvalue weighted by atomic mass is 127. The number of hydrogen-bond acceptors (Lipinski definition) is 2. The van der Waals surface area contributed by atoms with Crippen molar-refractivity contribution in [3.05, 3.63) is 0 Å². The second-order valence-corrected chi connectivity index (χ2v) is 4.71. The van der Waals surface area contributed by atoms with Gasteiger partial charge in [0.15, 0.2) is 0 Å². The first kappa shape index (κ1) is 11.2. The van der Waals surface area contributed by atoms with Crippen molar-refractivity contribution in [2.45, 2.75) is 20.8 Å². The highest BCUT2D eigenvalue weighted by Gasteiger charge is 2.12. The molecule has 11 heavy (non-hydrogen) atoms. The zero-order chi connectivity index (χ0) is 8.74. The van der Waals surface area contributed by atoms with E-state index in [9.17, 15) is 0 Å². The van der Waals surface area contributed by atoms with Crippen LogP contribution in [-0.4, -0.2) is 24.2 Å². The van der Waals surface area contributed by atoms with Gasteiger partial charge in [-0.05, 0) is 32.9 Å². The fourth-order valence-corrected chi connectivity index (χ4v) is 1.81. The van der Waals surface area contributed by atoms with Gasteiger partial charge >= 0.3 is 0 Å². The summed E-state index contributed by atoms with van der Waals surface area (Å²) in [6.07, 6.45) is 2.02. The molecule has 0 unspecified atom stereocenters. The van der Waals surface area contributed by atoms with Crippen LogP contribution in [0.4, 0.5) is 0 Å². The van der Waals surface area contributed by atoms with Crippen LogP contribution in [0.5, 0.6) is 0 Å². The van der Waals surface area contributed by atoms with Crippen molar-refractivity contribution in [3.8, 4) is 0 Å². The molecular weight excluding hydrogens is 251 g/mol. The Labute approximate surface area is 79.7 Å². The lowest BCUT2D eigenvalue weighted by Crippen LogP contribution is -2.16. The van der Waals surface area contributed by atoms with Crippen LogP contribution in [0.15, 0.2) is 8.14 Å². The van der Waals surface area contributed by atoms with E-state index in [4.69, 9.17) is 0 Å². The third-order valence-electron chi connectivity index (χ3n) is 1.21. The van der Waals surface area contributed by atoms with Gasteiger partial charge in [-0.1, -0.05) is 13.8 Å². The second kappa shape index (κ2) is 5.80. The summed E-state index contributed by atoms with van der Waals surface area (Å²) in [5.74, 6) is 0. The van der Waals surface area contributed by atoms with Crippen molar-refractivity contribution in [3.63, 3.8) is 0 Å². The summed E-state index contributed by atoms with van der Waals surface area (Å²) < 4.78 is 4.42. The molecule has 0 radical (unpaired) electrons. The van der Waals surface area contributed by atoms with E-state index in [0.29, 0.717) is 0 Å². The Morgan fingerprint density at radius 1 is 1.45 bits per heavy atom. The lowest BCUT2D eigenvalue weighted by molar-refractivity contribution is 0.556. The fourth-order valence-electron chi connectivity index (χ4n) is 0.593. The van der Waals surface area contributed by atoms with Gasteiger partial charge in [0, 0.05) is 18.2 Å². The summed E-state index contributed by atoms with van der Waals surface area (Å²) in [5.41, 5.74) is 0.172. The standard InChI is InChI=1S/C8H17IN2/c1-5-10-6-8(2,3)7-11-9-4/h6H,5,7H2,1-4H3. The Balaban J connectivity index is 3.88. The van der Waals surface area contributed by atoms with Gasteiger partial charge in [0.25, 0.3) is 0 Å². The fraction of sp³-hybridized carbons (Fsp3) is 0.875. The maximum absolute atomic E-state index is 4.42. The summed E-state index contributed by atoms with van der Waals surface area (Å²) in [4.78, 5) is 6.40. The van der Waals surface area contributed by atoms with Crippen LogP contribution < -0.4 is 0 Å². The molecular formula is C8H17IN2. The molecule has 0 aliphatic heterocycles. The molecule has 0 aromatic carbocycles. The van der Waals surface area contributed by atoms with Crippen LogP contribution in [0.2, 0.25) is 0 Å².